The third-order valence-electron chi connectivity index (χ3n) is 3.39. The molecule has 1 aromatic heterocycles. The summed E-state index contributed by atoms with van der Waals surface area (Å²) >= 11 is 3.39. The highest BCUT2D eigenvalue weighted by atomic mass is 79.9. The summed E-state index contributed by atoms with van der Waals surface area (Å²) in [7, 11) is 1.80. The van der Waals surface area contributed by atoms with Crippen LogP contribution in [0.5, 0.6) is 0 Å². The van der Waals surface area contributed by atoms with Crippen LogP contribution >= 0.6 is 15.9 Å². The van der Waals surface area contributed by atoms with Gasteiger partial charge in [-0.1, -0.05) is 6.92 Å². The van der Waals surface area contributed by atoms with Crippen molar-refractivity contribution in [3.8, 4) is 0 Å². The SMILES string of the molecule is CCC1(C(=O)c2c(Br)cnn2C)CCCN1. The minimum atomic E-state index is -0.379. The minimum Gasteiger partial charge on any atom is -0.305 e. The van der Waals surface area contributed by atoms with Crippen LogP contribution in [-0.2, 0) is 7.05 Å². The van der Waals surface area contributed by atoms with E-state index < -0.39 is 0 Å². The molecule has 1 saturated heterocycles. The summed E-state index contributed by atoms with van der Waals surface area (Å²) in [6, 6.07) is 0. The van der Waals surface area contributed by atoms with Crippen molar-refractivity contribution in [3.63, 3.8) is 0 Å². The number of nitrogens with one attached hydrogen (secondary N) is 1. The number of halogens is 1. The van der Waals surface area contributed by atoms with Crippen LogP contribution in [0.3, 0.4) is 0 Å². The van der Waals surface area contributed by atoms with E-state index in [0.717, 1.165) is 30.3 Å². The van der Waals surface area contributed by atoms with Gasteiger partial charge in [0.25, 0.3) is 0 Å². The quantitative estimate of drug-likeness (QED) is 0.863. The molecule has 2 heterocycles. The first-order valence-corrected chi connectivity index (χ1v) is 6.37. The molecule has 1 aliphatic rings. The molecule has 4 nitrogen and oxygen atoms in total. The average Bonchev–Trinajstić information content (AvgIpc) is 2.86. The zero-order valence-electron chi connectivity index (χ0n) is 9.59. The molecule has 1 aliphatic heterocycles. The Morgan fingerprint density at radius 2 is 2.50 bits per heavy atom. The Balaban J connectivity index is 2.38. The van der Waals surface area contributed by atoms with Gasteiger partial charge in [0, 0.05) is 7.05 Å². The van der Waals surface area contributed by atoms with E-state index in [1.54, 1.807) is 17.9 Å². The normalized spacial score (nSPS) is 24.9. The second-order valence-electron chi connectivity index (χ2n) is 4.26. The molecule has 0 saturated carbocycles. The Kier molecular flexibility index (Phi) is 3.17. The van der Waals surface area contributed by atoms with Gasteiger partial charge in [-0.05, 0) is 41.7 Å². The highest BCUT2D eigenvalue weighted by Crippen LogP contribution is 2.29. The molecule has 1 N–H and O–H groups in total. The number of carbonyl (C=O) groups excluding carboxylic acids is 1. The van der Waals surface area contributed by atoms with Gasteiger partial charge in [-0.15, -0.1) is 0 Å². The second-order valence-corrected chi connectivity index (χ2v) is 5.11. The van der Waals surface area contributed by atoms with Crippen LogP contribution in [0.15, 0.2) is 10.7 Å². The molecule has 16 heavy (non-hydrogen) atoms. The van der Waals surface area contributed by atoms with Crippen molar-refractivity contribution in [2.24, 2.45) is 7.05 Å². The van der Waals surface area contributed by atoms with E-state index in [9.17, 15) is 4.79 Å². The van der Waals surface area contributed by atoms with Crippen molar-refractivity contribution in [1.29, 1.82) is 0 Å². The molecular formula is C11H16BrN3O. The van der Waals surface area contributed by atoms with Gasteiger partial charge in [0.2, 0.25) is 5.78 Å². The molecule has 0 radical (unpaired) electrons. The predicted molar refractivity (Wildman–Crippen MR) is 65.5 cm³/mol. The molecule has 5 heteroatoms. The van der Waals surface area contributed by atoms with E-state index in [1.807, 2.05) is 0 Å². The van der Waals surface area contributed by atoms with Gasteiger partial charge in [-0.3, -0.25) is 9.48 Å². The highest BCUT2D eigenvalue weighted by molar-refractivity contribution is 9.10. The molecule has 88 valence electrons. The van der Waals surface area contributed by atoms with Crippen LogP contribution in [0.1, 0.15) is 36.7 Å². The number of ketones is 1. The van der Waals surface area contributed by atoms with E-state index >= 15 is 0 Å². The van der Waals surface area contributed by atoms with E-state index in [1.165, 1.54) is 0 Å². The average molecular weight is 286 g/mol. The van der Waals surface area contributed by atoms with Crippen LogP contribution in [0.4, 0.5) is 0 Å². The van der Waals surface area contributed by atoms with Gasteiger partial charge in [-0.2, -0.15) is 5.10 Å². The van der Waals surface area contributed by atoms with Gasteiger partial charge in [0.15, 0.2) is 0 Å². The molecule has 1 fully saturated rings. The number of rotatable bonds is 3. The summed E-state index contributed by atoms with van der Waals surface area (Å²) in [6.45, 7) is 2.98. The molecule has 2 rings (SSSR count). The fourth-order valence-corrected chi connectivity index (χ4v) is 2.88. The Bertz CT molecular complexity index is 388. The number of nitrogens with zero attached hydrogens (tertiary/aromatic N) is 2. The zero-order chi connectivity index (χ0) is 11.8. The molecule has 0 aliphatic carbocycles. The molecular weight excluding hydrogens is 270 g/mol. The maximum absolute atomic E-state index is 12.5. The second kappa shape index (κ2) is 4.30. The summed E-state index contributed by atoms with van der Waals surface area (Å²) < 4.78 is 2.42. The van der Waals surface area contributed by atoms with Gasteiger partial charge in [0.05, 0.1) is 16.2 Å². The van der Waals surface area contributed by atoms with Crippen molar-refractivity contribution in [3.05, 3.63) is 16.4 Å². The monoisotopic (exact) mass is 285 g/mol. The summed E-state index contributed by atoms with van der Waals surface area (Å²) in [5.41, 5.74) is 0.285. The van der Waals surface area contributed by atoms with Crippen LogP contribution in [-0.4, -0.2) is 27.6 Å². The van der Waals surface area contributed by atoms with Gasteiger partial charge >= 0.3 is 0 Å². The van der Waals surface area contributed by atoms with Crippen molar-refractivity contribution < 1.29 is 4.79 Å². The summed E-state index contributed by atoms with van der Waals surface area (Å²) in [5.74, 6) is 0.152. The Morgan fingerprint density at radius 1 is 1.75 bits per heavy atom. The Hall–Kier alpha value is -0.680. The largest absolute Gasteiger partial charge is 0.305 e. The summed E-state index contributed by atoms with van der Waals surface area (Å²) in [5, 5.41) is 7.45. The van der Waals surface area contributed by atoms with E-state index in [2.05, 4.69) is 33.3 Å². The Morgan fingerprint density at radius 3 is 2.94 bits per heavy atom. The van der Waals surface area contributed by atoms with Crippen molar-refractivity contribution in [2.45, 2.75) is 31.7 Å². The van der Waals surface area contributed by atoms with E-state index in [-0.39, 0.29) is 11.3 Å². The lowest BCUT2D eigenvalue weighted by atomic mass is 9.87. The minimum absolute atomic E-state index is 0.152. The number of aromatic nitrogens is 2. The number of Topliss-reactive ketones (excluding diaryl/α,β-unsaturated/α-hetero) is 1. The number of hydrogen-bond donors (Lipinski definition) is 1. The molecule has 0 bridgehead atoms. The maximum Gasteiger partial charge on any atom is 0.201 e. The topological polar surface area (TPSA) is 46.9 Å². The standard InChI is InChI=1S/C11H16BrN3O/c1-3-11(5-4-6-13-11)10(16)9-8(12)7-14-15(9)2/h7,13H,3-6H2,1-2H3. The number of hydrogen-bond acceptors (Lipinski definition) is 3. The fraction of sp³-hybridized carbons (Fsp3) is 0.636. The smallest absolute Gasteiger partial charge is 0.201 e. The summed E-state index contributed by atoms with van der Waals surface area (Å²) in [6.07, 6.45) is 4.48. The lowest BCUT2D eigenvalue weighted by Crippen LogP contribution is -2.47. The van der Waals surface area contributed by atoms with Gasteiger partial charge in [0.1, 0.15) is 5.69 Å². The highest BCUT2D eigenvalue weighted by Gasteiger charge is 2.41. The molecule has 0 aromatic carbocycles. The van der Waals surface area contributed by atoms with Gasteiger partial charge < -0.3 is 5.32 Å². The third-order valence-corrected chi connectivity index (χ3v) is 3.97. The van der Waals surface area contributed by atoms with Gasteiger partial charge in [-0.25, -0.2) is 0 Å². The van der Waals surface area contributed by atoms with Crippen molar-refractivity contribution in [2.75, 3.05) is 6.54 Å². The first-order chi connectivity index (χ1) is 7.60. The Labute approximate surface area is 104 Å². The van der Waals surface area contributed by atoms with E-state index in [4.69, 9.17) is 0 Å². The predicted octanol–water partition coefficient (Wildman–Crippen LogP) is 1.90. The van der Waals surface area contributed by atoms with Crippen LogP contribution in [0.2, 0.25) is 0 Å². The first-order valence-electron chi connectivity index (χ1n) is 5.58. The lowest BCUT2D eigenvalue weighted by Gasteiger charge is -2.26. The molecule has 0 amide bonds. The third kappa shape index (κ3) is 1.72. The maximum atomic E-state index is 12.5. The molecule has 1 unspecified atom stereocenters. The first kappa shape index (κ1) is 11.8. The number of aryl methyl sites for hydroxylation is 1. The van der Waals surface area contributed by atoms with Crippen LogP contribution < -0.4 is 5.32 Å². The van der Waals surface area contributed by atoms with Crippen LogP contribution in [0.25, 0.3) is 0 Å². The fourth-order valence-electron chi connectivity index (χ4n) is 2.36. The van der Waals surface area contributed by atoms with E-state index in [0.29, 0.717) is 5.69 Å². The molecule has 1 atom stereocenters. The molecule has 1 aromatic rings. The molecule has 0 spiro atoms. The zero-order valence-corrected chi connectivity index (χ0v) is 11.2. The number of carbonyl (C=O) groups is 1. The van der Waals surface area contributed by atoms with Crippen molar-refractivity contribution >= 4 is 21.7 Å². The summed E-state index contributed by atoms with van der Waals surface area (Å²) in [4.78, 5) is 12.5. The van der Waals surface area contributed by atoms with Crippen LogP contribution in [0, 0.1) is 0 Å². The lowest BCUT2D eigenvalue weighted by molar-refractivity contribution is 0.0853. The van der Waals surface area contributed by atoms with Crippen molar-refractivity contribution in [1.82, 2.24) is 15.1 Å².